The van der Waals surface area contributed by atoms with Crippen LogP contribution in [0.4, 0.5) is 10.5 Å². The first-order chi connectivity index (χ1) is 12.2. The highest BCUT2D eigenvalue weighted by Gasteiger charge is 2.22. The highest BCUT2D eigenvalue weighted by atomic mass is 16.5. The molecule has 1 aromatic carbocycles. The van der Waals surface area contributed by atoms with Gasteiger partial charge in [-0.15, -0.1) is 0 Å². The number of carbonyl (C=O) groups is 2. The molecular weight excluding hydrogens is 336 g/mol. The summed E-state index contributed by atoms with van der Waals surface area (Å²) in [7, 11) is 0. The Balaban J connectivity index is 1.96. The molecule has 2 amide bonds. The highest BCUT2D eigenvalue weighted by Crippen LogP contribution is 2.27. The lowest BCUT2D eigenvalue weighted by Crippen LogP contribution is -2.45. The van der Waals surface area contributed by atoms with E-state index < -0.39 is 17.5 Å². The number of rotatable bonds is 8. The molecule has 1 fully saturated rings. The zero-order valence-corrected chi connectivity index (χ0v) is 15.6. The average molecular weight is 364 g/mol. The summed E-state index contributed by atoms with van der Waals surface area (Å²) in [6.07, 6.45) is 2.44. The fourth-order valence-electron chi connectivity index (χ4n) is 2.75. The first-order valence-electron chi connectivity index (χ1n) is 8.91. The van der Waals surface area contributed by atoms with Gasteiger partial charge in [-0.25, -0.2) is 4.79 Å². The van der Waals surface area contributed by atoms with E-state index in [0.29, 0.717) is 24.5 Å². The van der Waals surface area contributed by atoms with E-state index in [9.17, 15) is 9.59 Å². The molecule has 0 spiro atoms. The van der Waals surface area contributed by atoms with Crippen LogP contribution in [0.1, 0.15) is 45.1 Å². The van der Waals surface area contributed by atoms with Gasteiger partial charge in [0.2, 0.25) is 0 Å². The number of nitrogens with one attached hydrogen (secondary N) is 2. The maximum absolute atomic E-state index is 12.3. The topological polar surface area (TPSA) is 96.9 Å². The molecule has 26 heavy (non-hydrogen) atoms. The van der Waals surface area contributed by atoms with E-state index in [1.165, 1.54) is 0 Å². The molecule has 1 aliphatic heterocycles. The summed E-state index contributed by atoms with van der Waals surface area (Å²) in [4.78, 5) is 23.0. The van der Waals surface area contributed by atoms with E-state index in [1.54, 1.807) is 19.9 Å². The Morgan fingerprint density at radius 2 is 2.15 bits per heavy atom. The number of hydrogen-bond acceptors (Lipinski definition) is 4. The molecule has 0 saturated carbocycles. The van der Waals surface area contributed by atoms with Gasteiger partial charge in [0.15, 0.2) is 0 Å². The van der Waals surface area contributed by atoms with Crippen LogP contribution >= 0.6 is 0 Å². The Labute approximate surface area is 154 Å². The predicted molar refractivity (Wildman–Crippen MR) is 98.8 cm³/mol. The average Bonchev–Trinajstić information content (AvgIpc) is 3.06. The van der Waals surface area contributed by atoms with Crippen molar-refractivity contribution in [3.8, 4) is 5.75 Å². The van der Waals surface area contributed by atoms with Crippen LogP contribution in [0.2, 0.25) is 0 Å². The summed E-state index contributed by atoms with van der Waals surface area (Å²) in [5.74, 6) is -0.289. The monoisotopic (exact) mass is 364 g/mol. The van der Waals surface area contributed by atoms with E-state index in [0.717, 1.165) is 25.0 Å². The third-order valence-corrected chi connectivity index (χ3v) is 4.25. The zero-order chi connectivity index (χ0) is 19.2. The minimum atomic E-state index is -0.886. The number of carbonyl (C=O) groups excluding carboxylic acids is 1. The zero-order valence-electron chi connectivity index (χ0n) is 15.6. The van der Waals surface area contributed by atoms with Gasteiger partial charge in [0.25, 0.3) is 0 Å². The molecule has 0 radical (unpaired) electrons. The molecule has 1 aromatic rings. The van der Waals surface area contributed by atoms with Gasteiger partial charge in [0.05, 0.1) is 11.8 Å². The third-order valence-electron chi connectivity index (χ3n) is 4.25. The van der Waals surface area contributed by atoms with Crippen LogP contribution in [0.3, 0.4) is 0 Å². The number of aryl methyl sites for hydroxylation is 1. The van der Waals surface area contributed by atoms with Gasteiger partial charge in [-0.3, -0.25) is 4.79 Å². The lowest BCUT2D eigenvalue weighted by atomic mass is 9.99. The molecular formula is C19H28N2O5. The van der Waals surface area contributed by atoms with Gasteiger partial charge in [0.1, 0.15) is 12.4 Å². The van der Waals surface area contributed by atoms with Crippen LogP contribution in [0, 0.1) is 6.92 Å². The van der Waals surface area contributed by atoms with Crippen molar-refractivity contribution in [2.45, 2.75) is 58.1 Å². The molecule has 1 saturated heterocycles. The Hall–Kier alpha value is -2.28. The highest BCUT2D eigenvalue weighted by molar-refractivity contribution is 5.91. The number of benzene rings is 1. The van der Waals surface area contributed by atoms with E-state index in [4.69, 9.17) is 14.6 Å². The Kier molecular flexibility index (Phi) is 6.85. The molecule has 1 atom stereocenters. The van der Waals surface area contributed by atoms with Crippen molar-refractivity contribution in [3.63, 3.8) is 0 Å². The number of urea groups is 1. The van der Waals surface area contributed by atoms with Crippen molar-refractivity contribution in [2.75, 3.05) is 18.5 Å². The summed E-state index contributed by atoms with van der Waals surface area (Å²) < 4.78 is 11.4. The number of anilines is 1. The predicted octanol–water partition coefficient (Wildman–Crippen LogP) is 3.32. The Morgan fingerprint density at radius 1 is 1.38 bits per heavy atom. The van der Waals surface area contributed by atoms with Crippen LogP contribution in [-0.2, 0) is 9.53 Å². The van der Waals surface area contributed by atoms with Crippen LogP contribution < -0.4 is 15.4 Å². The SMILES string of the molecule is Cc1ccc(NC(=O)NC(C)(C)CCC(=O)O)c(OCC2CCCO2)c1. The molecule has 144 valence electrons. The van der Waals surface area contributed by atoms with Crippen LogP contribution in [0.5, 0.6) is 5.75 Å². The lowest BCUT2D eigenvalue weighted by molar-refractivity contribution is -0.137. The molecule has 3 N–H and O–H groups in total. The fourth-order valence-corrected chi connectivity index (χ4v) is 2.75. The molecule has 0 aliphatic carbocycles. The molecule has 1 unspecified atom stereocenters. The van der Waals surface area contributed by atoms with E-state index >= 15 is 0 Å². The van der Waals surface area contributed by atoms with Crippen molar-refractivity contribution in [1.82, 2.24) is 5.32 Å². The van der Waals surface area contributed by atoms with Crippen molar-refractivity contribution >= 4 is 17.7 Å². The van der Waals surface area contributed by atoms with Gasteiger partial charge >= 0.3 is 12.0 Å². The van der Waals surface area contributed by atoms with E-state index in [1.807, 2.05) is 19.1 Å². The number of aliphatic carboxylic acids is 1. The van der Waals surface area contributed by atoms with E-state index in [-0.39, 0.29) is 12.5 Å². The first kappa shape index (κ1) is 20.0. The molecule has 1 heterocycles. The maximum Gasteiger partial charge on any atom is 0.319 e. The standard InChI is InChI=1S/C19H28N2O5/c1-13-6-7-15(16(11-13)26-12-14-5-4-10-25-14)20-18(24)21-19(2,3)9-8-17(22)23/h6-7,11,14H,4-5,8-10,12H2,1-3H3,(H,22,23)(H2,20,21,24). The van der Waals surface area contributed by atoms with Gasteiger partial charge in [-0.2, -0.15) is 0 Å². The van der Waals surface area contributed by atoms with Gasteiger partial charge in [-0.1, -0.05) is 6.07 Å². The van der Waals surface area contributed by atoms with Crippen molar-refractivity contribution in [3.05, 3.63) is 23.8 Å². The maximum atomic E-state index is 12.3. The second kappa shape index (κ2) is 8.89. The molecule has 2 rings (SSSR count). The van der Waals surface area contributed by atoms with Crippen LogP contribution in [0.15, 0.2) is 18.2 Å². The minimum absolute atomic E-state index is 0.00639. The molecule has 7 heteroatoms. The molecule has 7 nitrogen and oxygen atoms in total. The van der Waals surface area contributed by atoms with Crippen LogP contribution in [0.25, 0.3) is 0 Å². The Bertz CT molecular complexity index is 639. The fraction of sp³-hybridized carbons (Fsp3) is 0.579. The molecule has 0 bridgehead atoms. The van der Waals surface area contributed by atoms with E-state index in [2.05, 4.69) is 10.6 Å². The van der Waals surface area contributed by atoms with Gasteiger partial charge in [0, 0.05) is 18.6 Å². The summed E-state index contributed by atoms with van der Waals surface area (Å²) in [5.41, 5.74) is 0.964. The summed E-state index contributed by atoms with van der Waals surface area (Å²) in [6, 6.07) is 5.17. The van der Waals surface area contributed by atoms with Crippen molar-refractivity contribution < 1.29 is 24.2 Å². The molecule has 0 aromatic heterocycles. The summed E-state index contributed by atoms with van der Waals surface area (Å²) in [5, 5.41) is 14.4. The number of hydrogen-bond donors (Lipinski definition) is 3. The second-order valence-corrected chi connectivity index (χ2v) is 7.30. The van der Waals surface area contributed by atoms with Crippen molar-refractivity contribution in [1.29, 1.82) is 0 Å². The largest absolute Gasteiger partial charge is 0.489 e. The third kappa shape index (κ3) is 6.55. The number of amides is 2. The second-order valence-electron chi connectivity index (χ2n) is 7.30. The first-order valence-corrected chi connectivity index (χ1v) is 8.91. The van der Waals surface area contributed by atoms with Crippen molar-refractivity contribution in [2.24, 2.45) is 0 Å². The smallest absolute Gasteiger partial charge is 0.319 e. The van der Waals surface area contributed by atoms with Crippen LogP contribution in [-0.4, -0.2) is 42.0 Å². The Morgan fingerprint density at radius 3 is 2.81 bits per heavy atom. The molecule has 1 aliphatic rings. The minimum Gasteiger partial charge on any atom is -0.489 e. The summed E-state index contributed by atoms with van der Waals surface area (Å²) >= 11 is 0. The van der Waals surface area contributed by atoms with Gasteiger partial charge < -0.3 is 25.2 Å². The van der Waals surface area contributed by atoms with Gasteiger partial charge in [-0.05, 0) is 57.7 Å². The quantitative estimate of drug-likeness (QED) is 0.657. The normalized spacial score (nSPS) is 17.0. The number of carboxylic acid groups (broad SMARTS) is 1. The number of carboxylic acids is 1. The summed E-state index contributed by atoms with van der Waals surface area (Å²) in [6.45, 7) is 6.75. The lowest BCUT2D eigenvalue weighted by Gasteiger charge is -2.26. The number of ether oxygens (including phenoxy) is 2.